The number of aromatic nitrogens is 2. The number of benzene rings is 2. The lowest BCUT2D eigenvalue weighted by Gasteiger charge is -2.17. The fourth-order valence-electron chi connectivity index (χ4n) is 2.91. The van der Waals surface area contributed by atoms with E-state index in [0.29, 0.717) is 28.4 Å². The van der Waals surface area contributed by atoms with Crippen LogP contribution in [0.4, 0.5) is 15.8 Å². The second-order valence-electron chi connectivity index (χ2n) is 6.77. The molecule has 0 aliphatic rings. The van der Waals surface area contributed by atoms with E-state index in [1.165, 1.54) is 57.4 Å². The van der Waals surface area contributed by atoms with Gasteiger partial charge in [-0.25, -0.2) is 9.07 Å². The normalized spacial score (nSPS) is 11.5. The summed E-state index contributed by atoms with van der Waals surface area (Å²) in [7, 11) is 1.45. The minimum Gasteiger partial charge on any atom is -0.495 e. The number of ether oxygens (including phenoxy) is 1. The lowest BCUT2D eigenvalue weighted by Crippen LogP contribution is -2.33. The van der Waals surface area contributed by atoms with E-state index in [-0.39, 0.29) is 11.7 Å². The number of nitrogens with zero attached hydrogens (tertiary/aromatic N) is 2. The van der Waals surface area contributed by atoms with Gasteiger partial charge in [0.1, 0.15) is 17.6 Å². The third-order valence-electron chi connectivity index (χ3n) is 4.49. The van der Waals surface area contributed by atoms with Gasteiger partial charge in [0.05, 0.1) is 18.5 Å². The third kappa shape index (κ3) is 5.13. The van der Waals surface area contributed by atoms with Gasteiger partial charge in [0.15, 0.2) is 0 Å². The molecule has 3 aromatic rings. The minimum atomic E-state index is -0.956. The van der Waals surface area contributed by atoms with Crippen LogP contribution in [-0.2, 0) is 9.59 Å². The van der Waals surface area contributed by atoms with Crippen molar-refractivity contribution in [3.8, 4) is 17.0 Å². The van der Waals surface area contributed by atoms with Gasteiger partial charge in [-0.15, -0.1) is 0 Å². The minimum absolute atomic E-state index is 0.260. The molecule has 0 saturated heterocycles. The van der Waals surface area contributed by atoms with Crippen LogP contribution in [0.2, 0.25) is 0 Å². The smallest absolute Gasteiger partial charge is 0.267 e. The molecule has 0 fully saturated rings. The monoisotopic (exact) mass is 424 g/mol. The number of carbonyl (C=O) groups excluding carboxylic acids is 2. The summed E-state index contributed by atoms with van der Waals surface area (Å²) in [5.41, 5.74) is 1.36. The maximum Gasteiger partial charge on any atom is 0.267 e. The van der Waals surface area contributed by atoms with Crippen LogP contribution in [0.1, 0.15) is 19.9 Å². The number of hydrogen-bond acceptors (Lipinski definition) is 5. The predicted octanol–water partition coefficient (Wildman–Crippen LogP) is 3.22. The Hall–Kier alpha value is -4.01. The average Bonchev–Trinajstić information content (AvgIpc) is 2.74. The highest BCUT2D eigenvalue weighted by Crippen LogP contribution is 2.28. The number of hydrogen-bond donors (Lipinski definition) is 2. The summed E-state index contributed by atoms with van der Waals surface area (Å²) in [6.45, 7) is 2.90. The fraction of sp³-hybridized carbons (Fsp3) is 0.182. The van der Waals surface area contributed by atoms with E-state index in [2.05, 4.69) is 15.7 Å². The van der Waals surface area contributed by atoms with Crippen molar-refractivity contribution in [2.45, 2.75) is 19.9 Å². The molecule has 160 valence electrons. The van der Waals surface area contributed by atoms with Gasteiger partial charge in [-0.3, -0.25) is 14.4 Å². The molecule has 1 unspecified atom stereocenters. The van der Waals surface area contributed by atoms with Crippen LogP contribution in [-0.4, -0.2) is 28.7 Å². The Balaban J connectivity index is 1.88. The van der Waals surface area contributed by atoms with Crippen molar-refractivity contribution in [2.75, 3.05) is 17.7 Å². The molecule has 31 heavy (non-hydrogen) atoms. The van der Waals surface area contributed by atoms with Gasteiger partial charge in [-0.1, -0.05) is 0 Å². The molecule has 0 bridgehead atoms. The Kier molecular flexibility index (Phi) is 6.44. The number of carbonyl (C=O) groups is 2. The van der Waals surface area contributed by atoms with Crippen molar-refractivity contribution in [1.29, 1.82) is 0 Å². The number of anilines is 2. The summed E-state index contributed by atoms with van der Waals surface area (Å²) in [6.07, 6.45) is 0. The molecule has 1 heterocycles. The zero-order valence-corrected chi connectivity index (χ0v) is 17.2. The molecule has 1 atom stereocenters. The number of nitrogens with one attached hydrogen (secondary N) is 2. The second kappa shape index (κ2) is 9.21. The van der Waals surface area contributed by atoms with Crippen molar-refractivity contribution in [2.24, 2.45) is 0 Å². The summed E-state index contributed by atoms with van der Waals surface area (Å²) in [5, 5.41) is 9.60. The molecule has 0 radical (unpaired) electrons. The van der Waals surface area contributed by atoms with E-state index in [0.717, 1.165) is 4.68 Å². The van der Waals surface area contributed by atoms with Gasteiger partial charge in [-0.05, 0) is 55.5 Å². The van der Waals surface area contributed by atoms with Crippen molar-refractivity contribution < 1.29 is 18.7 Å². The van der Waals surface area contributed by atoms with Gasteiger partial charge in [-0.2, -0.15) is 5.10 Å². The second-order valence-corrected chi connectivity index (χ2v) is 6.77. The highest BCUT2D eigenvalue weighted by molar-refractivity contribution is 5.96. The van der Waals surface area contributed by atoms with E-state index in [1.807, 2.05) is 0 Å². The molecule has 0 saturated carbocycles. The van der Waals surface area contributed by atoms with Crippen molar-refractivity contribution in [1.82, 2.24) is 9.78 Å². The largest absolute Gasteiger partial charge is 0.495 e. The van der Waals surface area contributed by atoms with Gasteiger partial charge < -0.3 is 15.4 Å². The quantitative estimate of drug-likeness (QED) is 0.633. The van der Waals surface area contributed by atoms with E-state index < -0.39 is 17.5 Å². The van der Waals surface area contributed by atoms with Gasteiger partial charge in [0.25, 0.3) is 5.56 Å². The van der Waals surface area contributed by atoms with Crippen LogP contribution in [0, 0.1) is 5.82 Å². The van der Waals surface area contributed by atoms with E-state index in [9.17, 15) is 18.8 Å². The number of amides is 2. The van der Waals surface area contributed by atoms with E-state index in [4.69, 9.17) is 4.74 Å². The number of rotatable bonds is 6. The molecular formula is C22H21FN4O4. The first-order valence-electron chi connectivity index (χ1n) is 9.41. The molecule has 0 aliphatic carbocycles. The molecule has 8 nitrogen and oxygen atoms in total. The lowest BCUT2D eigenvalue weighted by atomic mass is 10.1. The third-order valence-corrected chi connectivity index (χ3v) is 4.49. The van der Waals surface area contributed by atoms with Gasteiger partial charge >= 0.3 is 0 Å². The van der Waals surface area contributed by atoms with Crippen molar-refractivity contribution in [3.63, 3.8) is 0 Å². The summed E-state index contributed by atoms with van der Waals surface area (Å²) in [5.74, 6) is -0.774. The van der Waals surface area contributed by atoms with Crippen LogP contribution in [0.5, 0.6) is 5.75 Å². The molecule has 2 aromatic carbocycles. The fourth-order valence-corrected chi connectivity index (χ4v) is 2.91. The molecule has 2 N–H and O–H groups in total. The zero-order chi connectivity index (χ0) is 22.5. The Morgan fingerprint density at radius 3 is 2.42 bits per heavy atom. The molecule has 0 spiro atoms. The summed E-state index contributed by atoms with van der Waals surface area (Å²) in [6, 6.07) is 12.3. The Bertz CT molecular complexity index is 1170. The van der Waals surface area contributed by atoms with Crippen molar-refractivity contribution in [3.05, 3.63) is 70.8 Å². The van der Waals surface area contributed by atoms with Gasteiger partial charge in [0.2, 0.25) is 11.8 Å². The Morgan fingerprint density at radius 1 is 1.06 bits per heavy atom. The first kappa shape index (κ1) is 21.7. The van der Waals surface area contributed by atoms with Crippen LogP contribution >= 0.6 is 0 Å². The molecule has 9 heteroatoms. The van der Waals surface area contributed by atoms with Gasteiger partial charge in [0, 0.05) is 24.2 Å². The van der Waals surface area contributed by atoms with Crippen LogP contribution in [0.3, 0.4) is 0 Å². The Morgan fingerprint density at radius 2 is 1.77 bits per heavy atom. The lowest BCUT2D eigenvalue weighted by molar-refractivity contribution is -0.119. The van der Waals surface area contributed by atoms with Crippen LogP contribution in [0.15, 0.2) is 59.4 Å². The highest BCUT2D eigenvalue weighted by Gasteiger charge is 2.20. The SMILES string of the molecule is COc1ccc(NC(C)=O)cc1NC(=O)C(C)n1nc(-c2ccc(F)cc2)ccc1=O. The first-order chi connectivity index (χ1) is 14.8. The average molecular weight is 424 g/mol. The molecule has 1 aromatic heterocycles. The first-order valence-corrected chi connectivity index (χ1v) is 9.41. The topological polar surface area (TPSA) is 102 Å². The maximum atomic E-state index is 13.2. The molecule has 0 aliphatic heterocycles. The highest BCUT2D eigenvalue weighted by atomic mass is 19.1. The summed E-state index contributed by atoms with van der Waals surface area (Å²) < 4.78 is 19.5. The van der Waals surface area contributed by atoms with E-state index in [1.54, 1.807) is 18.2 Å². The maximum absolute atomic E-state index is 13.2. The molecule has 3 rings (SSSR count). The predicted molar refractivity (Wildman–Crippen MR) is 115 cm³/mol. The molecule has 2 amide bonds. The number of halogens is 1. The number of methoxy groups -OCH3 is 1. The standard InChI is InChI=1S/C22H21FN4O4/c1-13(22(30)25-19-12-17(24-14(2)28)8-10-20(19)31-3)27-21(29)11-9-18(26-27)15-4-6-16(23)7-5-15/h4-13H,1-3H3,(H,24,28)(H,25,30). The van der Waals surface area contributed by atoms with Crippen molar-refractivity contribution >= 4 is 23.2 Å². The Labute approximate surface area is 177 Å². The summed E-state index contributed by atoms with van der Waals surface area (Å²) >= 11 is 0. The van der Waals surface area contributed by atoms with Crippen LogP contribution < -0.4 is 20.9 Å². The molecular weight excluding hydrogens is 403 g/mol. The zero-order valence-electron chi connectivity index (χ0n) is 17.2. The summed E-state index contributed by atoms with van der Waals surface area (Å²) in [4.78, 5) is 36.5. The van der Waals surface area contributed by atoms with E-state index >= 15 is 0 Å². The van der Waals surface area contributed by atoms with Crippen LogP contribution in [0.25, 0.3) is 11.3 Å².